The normalized spacial score (nSPS) is 24.0. The first-order valence-corrected chi connectivity index (χ1v) is 5.79. The lowest BCUT2D eigenvalue weighted by Gasteiger charge is -2.20. The van der Waals surface area contributed by atoms with E-state index < -0.39 is 5.67 Å². The number of rotatable bonds is 3. The van der Waals surface area contributed by atoms with Crippen molar-refractivity contribution in [1.82, 2.24) is 19.9 Å². The summed E-state index contributed by atoms with van der Waals surface area (Å²) >= 11 is 0. The van der Waals surface area contributed by atoms with E-state index in [1.165, 1.54) is 13.4 Å². The van der Waals surface area contributed by atoms with Gasteiger partial charge in [0.1, 0.15) is 11.8 Å². The van der Waals surface area contributed by atoms with Gasteiger partial charge < -0.3 is 14.6 Å². The largest absolute Gasteiger partial charge is 0.381 e. The van der Waals surface area contributed by atoms with Gasteiger partial charge in [0.15, 0.2) is 17.1 Å². The molecular formula is C11H14FN5O. The first-order valence-electron chi connectivity index (χ1n) is 5.79. The number of aromatic amines is 1. The van der Waals surface area contributed by atoms with Gasteiger partial charge >= 0.3 is 0 Å². The number of H-pyrrole nitrogens is 1. The maximum absolute atomic E-state index is 14.3. The Kier molecular flexibility index (Phi) is 2.62. The summed E-state index contributed by atoms with van der Waals surface area (Å²) in [5.41, 5.74) is 0.0498. The van der Waals surface area contributed by atoms with Gasteiger partial charge in [-0.2, -0.15) is 0 Å². The summed E-state index contributed by atoms with van der Waals surface area (Å²) in [6.45, 7) is 1.01. The molecule has 0 aromatic carbocycles. The van der Waals surface area contributed by atoms with Crippen molar-refractivity contribution in [2.75, 3.05) is 31.7 Å². The number of methoxy groups -OCH3 is 1. The fraction of sp³-hybridized carbons (Fsp3) is 0.545. The molecule has 3 rings (SSSR count). The standard InChI is InChI=1S/C11H14FN5O/c1-18-5-11(12)2-3-17(4-11)10-8-9(14-6-13-8)15-7-16-10/h6-7H,2-5H2,1H3,(H,13,14,15,16). The van der Waals surface area contributed by atoms with Gasteiger partial charge in [0, 0.05) is 20.1 Å². The minimum Gasteiger partial charge on any atom is -0.381 e. The summed E-state index contributed by atoms with van der Waals surface area (Å²) in [4.78, 5) is 17.2. The van der Waals surface area contributed by atoms with Crippen LogP contribution in [0.25, 0.3) is 11.2 Å². The number of ether oxygens (including phenoxy) is 1. The van der Waals surface area contributed by atoms with E-state index in [9.17, 15) is 4.39 Å². The molecule has 1 aliphatic heterocycles. The predicted octanol–water partition coefficient (Wildman–Crippen LogP) is 0.918. The summed E-state index contributed by atoms with van der Waals surface area (Å²) < 4.78 is 19.3. The zero-order chi connectivity index (χ0) is 12.6. The van der Waals surface area contributed by atoms with Crippen LogP contribution in [0.3, 0.4) is 0 Å². The quantitative estimate of drug-likeness (QED) is 0.878. The van der Waals surface area contributed by atoms with Crippen molar-refractivity contribution in [2.24, 2.45) is 0 Å². The molecule has 96 valence electrons. The molecule has 0 aliphatic carbocycles. The van der Waals surface area contributed by atoms with Gasteiger partial charge in [-0.05, 0) is 0 Å². The highest BCUT2D eigenvalue weighted by molar-refractivity contribution is 5.82. The molecule has 1 atom stereocenters. The van der Waals surface area contributed by atoms with Crippen LogP contribution in [-0.2, 0) is 4.74 Å². The monoisotopic (exact) mass is 251 g/mol. The van der Waals surface area contributed by atoms with Gasteiger partial charge in [0.2, 0.25) is 0 Å². The number of aromatic nitrogens is 4. The average Bonchev–Trinajstić information content (AvgIpc) is 2.95. The van der Waals surface area contributed by atoms with Gasteiger partial charge in [0.25, 0.3) is 0 Å². The Balaban J connectivity index is 1.90. The van der Waals surface area contributed by atoms with Gasteiger partial charge in [-0.3, -0.25) is 0 Å². The Morgan fingerprint density at radius 3 is 3.22 bits per heavy atom. The topological polar surface area (TPSA) is 66.9 Å². The van der Waals surface area contributed by atoms with Crippen LogP contribution >= 0.6 is 0 Å². The fourth-order valence-electron chi connectivity index (χ4n) is 2.38. The molecule has 6 nitrogen and oxygen atoms in total. The number of nitrogens with zero attached hydrogens (tertiary/aromatic N) is 4. The van der Waals surface area contributed by atoms with Crippen LogP contribution in [0.5, 0.6) is 0 Å². The molecule has 2 aromatic heterocycles. The second-order valence-electron chi connectivity index (χ2n) is 4.55. The summed E-state index contributed by atoms with van der Waals surface area (Å²) in [5.74, 6) is 0.702. The Bertz CT molecular complexity index is 559. The highest BCUT2D eigenvalue weighted by atomic mass is 19.1. The Labute approximate surface area is 103 Å². The molecule has 0 bridgehead atoms. The molecule has 0 amide bonds. The maximum Gasteiger partial charge on any atom is 0.182 e. The lowest BCUT2D eigenvalue weighted by atomic mass is 10.1. The number of imidazole rings is 1. The predicted molar refractivity (Wildman–Crippen MR) is 64.2 cm³/mol. The van der Waals surface area contributed by atoms with E-state index in [4.69, 9.17) is 4.74 Å². The van der Waals surface area contributed by atoms with Crippen LogP contribution in [0.15, 0.2) is 12.7 Å². The number of nitrogens with one attached hydrogen (secondary N) is 1. The van der Waals surface area contributed by atoms with Crippen LogP contribution in [0, 0.1) is 0 Å². The van der Waals surface area contributed by atoms with Crippen LogP contribution in [0.2, 0.25) is 0 Å². The highest BCUT2D eigenvalue weighted by Crippen LogP contribution is 2.31. The lowest BCUT2D eigenvalue weighted by molar-refractivity contribution is 0.0571. The molecule has 0 spiro atoms. The van der Waals surface area contributed by atoms with Crippen molar-refractivity contribution in [3.8, 4) is 0 Å². The summed E-state index contributed by atoms with van der Waals surface area (Å²) in [5, 5.41) is 0. The lowest BCUT2D eigenvalue weighted by Crippen LogP contribution is -2.33. The highest BCUT2D eigenvalue weighted by Gasteiger charge is 2.39. The molecule has 1 saturated heterocycles. The average molecular weight is 251 g/mol. The molecular weight excluding hydrogens is 237 g/mol. The molecule has 3 heterocycles. The number of hydrogen-bond donors (Lipinski definition) is 1. The summed E-state index contributed by atoms with van der Waals surface area (Å²) in [6.07, 6.45) is 3.46. The molecule has 2 aromatic rings. The van der Waals surface area contributed by atoms with Crippen molar-refractivity contribution in [3.63, 3.8) is 0 Å². The van der Waals surface area contributed by atoms with E-state index in [0.717, 1.165) is 5.52 Å². The second-order valence-corrected chi connectivity index (χ2v) is 4.55. The number of halogens is 1. The third-order valence-corrected chi connectivity index (χ3v) is 3.21. The van der Waals surface area contributed by atoms with E-state index in [1.807, 2.05) is 4.90 Å². The van der Waals surface area contributed by atoms with E-state index in [2.05, 4.69) is 19.9 Å². The molecule has 7 heteroatoms. The van der Waals surface area contributed by atoms with Gasteiger partial charge in [-0.15, -0.1) is 0 Å². The zero-order valence-corrected chi connectivity index (χ0v) is 10.1. The van der Waals surface area contributed by atoms with Gasteiger partial charge in [-0.1, -0.05) is 0 Å². The van der Waals surface area contributed by atoms with Crippen LogP contribution in [0.1, 0.15) is 6.42 Å². The molecule has 1 N–H and O–H groups in total. The SMILES string of the molecule is COCC1(F)CCN(c2ncnc3nc[nH]c23)C1. The van der Waals surface area contributed by atoms with E-state index in [1.54, 1.807) is 6.33 Å². The number of anilines is 1. The summed E-state index contributed by atoms with van der Waals surface area (Å²) in [6, 6.07) is 0. The van der Waals surface area contributed by atoms with Crippen molar-refractivity contribution in [3.05, 3.63) is 12.7 Å². The molecule has 1 fully saturated rings. The summed E-state index contributed by atoms with van der Waals surface area (Å²) in [7, 11) is 1.52. The number of fused-ring (bicyclic) bond motifs is 1. The minimum atomic E-state index is -1.30. The first-order chi connectivity index (χ1) is 8.72. The van der Waals surface area contributed by atoms with Crippen LogP contribution < -0.4 is 4.90 Å². The number of alkyl halides is 1. The molecule has 0 saturated carbocycles. The molecule has 18 heavy (non-hydrogen) atoms. The van der Waals surface area contributed by atoms with E-state index in [-0.39, 0.29) is 13.2 Å². The third-order valence-electron chi connectivity index (χ3n) is 3.21. The van der Waals surface area contributed by atoms with Crippen molar-refractivity contribution < 1.29 is 9.13 Å². The minimum absolute atomic E-state index is 0.112. The van der Waals surface area contributed by atoms with Crippen molar-refractivity contribution >= 4 is 17.0 Å². The maximum atomic E-state index is 14.3. The Hall–Kier alpha value is -1.76. The molecule has 1 aliphatic rings. The Morgan fingerprint density at radius 2 is 2.39 bits per heavy atom. The number of hydrogen-bond acceptors (Lipinski definition) is 5. The van der Waals surface area contributed by atoms with E-state index in [0.29, 0.717) is 24.4 Å². The van der Waals surface area contributed by atoms with Crippen LogP contribution in [0.4, 0.5) is 10.2 Å². The van der Waals surface area contributed by atoms with Crippen molar-refractivity contribution in [2.45, 2.75) is 12.1 Å². The Morgan fingerprint density at radius 1 is 1.50 bits per heavy atom. The zero-order valence-electron chi connectivity index (χ0n) is 10.1. The third kappa shape index (κ3) is 1.80. The van der Waals surface area contributed by atoms with Crippen molar-refractivity contribution in [1.29, 1.82) is 0 Å². The molecule has 0 radical (unpaired) electrons. The smallest absolute Gasteiger partial charge is 0.182 e. The second kappa shape index (κ2) is 4.16. The van der Waals surface area contributed by atoms with E-state index >= 15 is 0 Å². The molecule has 1 unspecified atom stereocenters. The van der Waals surface area contributed by atoms with Gasteiger partial charge in [-0.25, -0.2) is 19.3 Å². The first kappa shape index (κ1) is 11.3. The fourth-order valence-corrected chi connectivity index (χ4v) is 2.38. The van der Waals surface area contributed by atoms with Crippen LogP contribution in [-0.4, -0.2) is 52.4 Å². The van der Waals surface area contributed by atoms with Gasteiger partial charge in [0.05, 0.1) is 19.5 Å².